The lowest BCUT2D eigenvalue weighted by Gasteiger charge is -2.36. The Hall–Kier alpha value is -1.33. The van der Waals surface area contributed by atoms with Gasteiger partial charge in [0, 0.05) is 36.3 Å². The monoisotopic (exact) mass is 352 g/mol. The van der Waals surface area contributed by atoms with Crippen LogP contribution in [0.4, 0.5) is 11.5 Å². The van der Waals surface area contributed by atoms with Gasteiger partial charge in [-0.3, -0.25) is 0 Å². The van der Waals surface area contributed by atoms with E-state index in [4.69, 9.17) is 11.6 Å². The van der Waals surface area contributed by atoms with Gasteiger partial charge in [-0.25, -0.2) is 0 Å². The molecule has 3 rings (SSSR count). The van der Waals surface area contributed by atoms with E-state index in [0.717, 1.165) is 36.5 Å². The first-order chi connectivity index (χ1) is 9.72. The zero-order valence-electron chi connectivity index (χ0n) is 10.8. The fraction of sp³-hybridized carbons (Fsp3) is 0.286. The molecule has 20 heavy (non-hydrogen) atoms. The normalized spacial score (nSPS) is 15.5. The van der Waals surface area contributed by atoms with Gasteiger partial charge in [0.2, 0.25) is 0 Å². The number of benzene rings is 1. The summed E-state index contributed by atoms with van der Waals surface area (Å²) in [5, 5.41) is 8.46. The van der Waals surface area contributed by atoms with Gasteiger partial charge in [-0.2, -0.15) is 0 Å². The molecule has 0 aliphatic carbocycles. The molecule has 2 aromatic rings. The first-order valence-corrected chi connectivity index (χ1v) is 7.64. The van der Waals surface area contributed by atoms with E-state index in [-0.39, 0.29) is 0 Å². The van der Waals surface area contributed by atoms with Crippen molar-refractivity contribution in [2.45, 2.75) is 0 Å². The lowest BCUT2D eigenvalue weighted by atomic mass is 10.2. The van der Waals surface area contributed by atoms with E-state index in [1.165, 1.54) is 5.69 Å². The van der Waals surface area contributed by atoms with Gasteiger partial charge in [0.05, 0.1) is 0 Å². The topological polar surface area (TPSA) is 32.3 Å². The van der Waals surface area contributed by atoms with Gasteiger partial charge in [0.25, 0.3) is 0 Å². The van der Waals surface area contributed by atoms with Crippen molar-refractivity contribution >= 4 is 39.0 Å². The smallest absolute Gasteiger partial charge is 0.151 e. The molecule has 1 saturated heterocycles. The zero-order valence-corrected chi connectivity index (χ0v) is 13.2. The molecular formula is C14H14BrClN4. The third-order valence-corrected chi connectivity index (χ3v) is 4.09. The Morgan fingerprint density at radius 1 is 0.950 bits per heavy atom. The second kappa shape index (κ2) is 5.97. The van der Waals surface area contributed by atoms with Crippen LogP contribution in [0.3, 0.4) is 0 Å². The summed E-state index contributed by atoms with van der Waals surface area (Å²) in [4.78, 5) is 4.61. The first kappa shape index (κ1) is 13.6. The molecule has 6 heteroatoms. The second-order valence-electron chi connectivity index (χ2n) is 4.67. The maximum Gasteiger partial charge on any atom is 0.151 e. The molecule has 1 aromatic carbocycles. The summed E-state index contributed by atoms with van der Waals surface area (Å²) in [7, 11) is 0. The Kier molecular flexibility index (Phi) is 4.08. The molecule has 1 aliphatic heterocycles. The van der Waals surface area contributed by atoms with Crippen LogP contribution in [0.2, 0.25) is 5.15 Å². The summed E-state index contributed by atoms with van der Waals surface area (Å²) in [6.45, 7) is 3.81. The summed E-state index contributed by atoms with van der Waals surface area (Å²) >= 11 is 9.28. The number of halogens is 2. The number of hydrogen-bond donors (Lipinski definition) is 0. The average Bonchev–Trinajstić information content (AvgIpc) is 2.48. The van der Waals surface area contributed by atoms with Gasteiger partial charge < -0.3 is 9.80 Å². The van der Waals surface area contributed by atoms with Gasteiger partial charge >= 0.3 is 0 Å². The molecule has 0 atom stereocenters. The quantitative estimate of drug-likeness (QED) is 0.830. The van der Waals surface area contributed by atoms with E-state index in [9.17, 15) is 0 Å². The van der Waals surface area contributed by atoms with E-state index in [1.54, 1.807) is 6.07 Å². The molecule has 1 aliphatic rings. The minimum Gasteiger partial charge on any atom is -0.368 e. The van der Waals surface area contributed by atoms with Gasteiger partial charge in [-0.15, -0.1) is 10.2 Å². The van der Waals surface area contributed by atoms with Crippen molar-refractivity contribution in [2.24, 2.45) is 0 Å². The van der Waals surface area contributed by atoms with Gasteiger partial charge in [-0.1, -0.05) is 33.6 Å². The van der Waals surface area contributed by atoms with Crippen LogP contribution in [0.25, 0.3) is 0 Å². The predicted octanol–water partition coefficient (Wildman–Crippen LogP) is 3.22. The summed E-state index contributed by atoms with van der Waals surface area (Å²) in [6.07, 6.45) is 0. The highest BCUT2D eigenvalue weighted by atomic mass is 79.9. The molecule has 0 amide bonds. The molecule has 1 fully saturated rings. The van der Waals surface area contributed by atoms with Crippen molar-refractivity contribution in [3.05, 3.63) is 46.0 Å². The molecule has 0 spiro atoms. The van der Waals surface area contributed by atoms with Crippen LogP contribution < -0.4 is 9.80 Å². The van der Waals surface area contributed by atoms with Gasteiger partial charge in [0.15, 0.2) is 11.0 Å². The molecule has 0 saturated carbocycles. The van der Waals surface area contributed by atoms with Crippen LogP contribution in [-0.2, 0) is 0 Å². The molecule has 4 nitrogen and oxygen atoms in total. The lowest BCUT2D eigenvalue weighted by molar-refractivity contribution is 0.643. The van der Waals surface area contributed by atoms with E-state index in [0.29, 0.717) is 5.15 Å². The Balaban J connectivity index is 1.66. The largest absolute Gasteiger partial charge is 0.368 e. The van der Waals surface area contributed by atoms with Crippen molar-refractivity contribution < 1.29 is 0 Å². The number of aromatic nitrogens is 2. The third-order valence-electron chi connectivity index (χ3n) is 3.39. The summed E-state index contributed by atoms with van der Waals surface area (Å²) in [5.74, 6) is 0.892. The highest BCUT2D eigenvalue weighted by molar-refractivity contribution is 9.10. The van der Waals surface area contributed by atoms with Crippen LogP contribution >= 0.6 is 27.5 Å². The first-order valence-electron chi connectivity index (χ1n) is 6.47. The van der Waals surface area contributed by atoms with Gasteiger partial charge in [-0.05, 0) is 30.3 Å². The maximum atomic E-state index is 5.76. The molecule has 104 valence electrons. The van der Waals surface area contributed by atoms with Crippen LogP contribution in [-0.4, -0.2) is 36.4 Å². The highest BCUT2D eigenvalue weighted by Crippen LogP contribution is 2.22. The van der Waals surface area contributed by atoms with Crippen LogP contribution in [0, 0.1) is 0 Å². The summed E-state index contributed by atoms with van der Waals surface area (Å²) in [5.41, 5.74) is 1.25. The van der Waals surface area contributed by atoms with E-state index >= 15 is 0 Å². The standard InChI is InChI=1S/C14H14BrClN4/c15-11-2-1-3-12(10-11)19-6-8-20(9-7-19)14-5-4-13(16)17-18-14/h1-5,10H,6-9H2. The van der Waals surface area contributed by atoms with E-state index in [2.05, 4.69) is 54.1 Å². The van der Waals surface area contributed by atoms with Crippen LogP contribution in [0.1, 0.15) is 0 Å². The Morgan fingerprint density at radius 2 is 1.70 bits per heavy atom. The Labute approximate surface area is 131 Å². The predicted molar refractivity (Wildman–Crippen MR) is 85.6 cm³/mol. The molecular weight excluding hydrogens is 340 g/mol. The SMILES string of the molecule is Clc1ccc(N2CCN(c3cccc(Br)c3)CC2)nn1. The maximum absolute atomic E-state index is 5.76. The highest BCUT2D eigenvalue weighted by Gasteiger charge is 2.18. The van der Waals surface area contributed by atoms with E-state index in [1.807, 2.05) is 12.1 Å². The van der Waals surface area contributed by atoms with Crippen molar-refractivity contribution in [1.29, 1.82) is 0 Å². The minimum absolute atomic E-state index is 0.432. The molecule has 2 heterocycles. The summed E-state index contributed by atoms with van der Waals surface area (Å²) in [6, 6.07) is 12.1. The van der Waals surface area contributed by atoms with Gasteiger partial charge in [0.1, 0.15) is 0 Å². The van der Waals surface area contributed by atoms with Crippen molar-refractivity contribution in [3.63, 3.8) is 0 Å². The fourth-order valence-electron chi connectivity index (χ4n) is 2.34. The zero-order chi connectivity index (χ0) is 13.9. The van der Waals surface area contributed by atoms with Crippen molar-refractivity contribution in [2.75, 3.05) is 36.0 Å². The van der Waals surface area contributed by atoms with Crippen molar-refractivity contribution in [1.82, 2.24) is 10.2 Å². The second-order valence-corrected chi connectivity index (χ2v) is 5.97. The third kappa shape index (κ3) is 3.04. The lowest BCUT2D eigenvalue weighted by Crippen LogP contribution is -2.46. The number of piperazine rings is 1. The Bertz CT molecular complexity index is 582. The van der Waals surface area contributed by atoms with Crippen LogP contribution in [0.15, 0.2) is 40.9 Å². The fourth-order valence-corrected chi connectivity index (χ4v) is 2.83. The molecule has 0 radical (unpaired) electrons. The molecule has 0 bridgehead atoms. The minimum atomic E-state index is 0.432. The van der Waals surface area contributed by atoms with Crippen LogP contribution in [0.5, 0.6) is 0 Å². The molecule has 1 aromatic heterocycles. The number of anilines is 2. The molecule has 0 unspecified atom stereocenters. The number of rotatable bonds is 2. The average molecular weight is 354 g/mol. The summed E-state index contributed by atoms with van der Waals surface area (Å²) < 4.78 is 1.11. The Morgan fingerprint density at radius 3 is 2.35 bits per heavy atom. The van der Waals surface area contributed by atoms with Crippen molar-refractivity contribution in [3.8, 4) is 0 Å². The van der Waals surface area contributed by atoms with E-state index < -0.39 is 0 Å². The number of nitrogens with zero attached hydrogens (tertiary/aromatic N) is 4. The molecule has 0 N–H and O–H groups in total. The number of hydrogen-bond acceptors (Lipinski definition) is 4.